The Morgan fingerprint density at radius 3 is 2.93 bits per heavy atom. The highest BCUT2D eigenvalue weighted by molar-refractivity contribution is 7.99. The van der Waals surface area contributed by atoms with E-state index < -0.39 is 0 Å². The van der Waals surface area contributed by atoms with Crippen molar-refractivity contribution in [3.63, 3.8) is 0 Å². The quantitative estimate of drug-likeness (QED) is 0.648. The average Bonchev–Trinajstić information content (AvgIpc) is 2.22. The highest BCUT2D eigenvalue weighted by Crippen LogP contribution is 2.34. The van der Waals surface area contributed by atoms with Crippen LogP contribution in [0.3, 0.4) is 0 Å². The van der Waals surface area contributed by atoms with Gasteiger partial charge in [-0.2, -0.15) is 0 Å². The van der Waals surface area contributed by atoms with Gasteiger partial charge in [0.1, 0.15) is 5.82 Å². The average molecular weight is 243 g/mol. The lowest BCUT2D eigenvalue weighted by molar-refractivity contribution is 0.103. The van der Waals surface area contributed by atoms with Crippen molar-refractivity contribution in [3.8, 4) is 0 Å². The van der Waals surface area contributed by atoms with Crippen LogP contribution in [0.15, 0.2) is 28.1 Å². The van der Waals surface area contributed by atoms with Gasteiger partial charge in [0.2, 0.25) is 0 Å². The first-order valence-corrected chi connectivity index (χ1v) is 5.82. The standard InChI is InChI=1S/C11H8ClFOS/c1-6-2-8-10(3-9(6)13)15-5-7(4-12)11(8)14/h2-4H,5H2,1H3/b7-4+. The Kier molecular flexibility index (Phi) is 2.85. The first-order chi connectivity index (χ1) is 7.13. The molecule has 0 aromatic heterocycles. The molecule has 0 bridgehead atoms. The molecule has 0 N–H and O–H groups in total. The minimum Gasteiger partial charge on any atom is -0.289 e. The number of Topliss-reactive ketones (excluding diaryl/α,β-unsaturated/α-hetero) is 1. The van der Waals surface area contributed by atoms with Gasteiger partial charge in [0.05, 0.1) is 0 Å². The van der Waals surface area contributed by atoms with Gasteiger partial charge >= 0.3 is 0 Å². The topological polar surface area (TPSA) is 17.1 Å². The summed E-state index contributed by atoms with van der Waals surface area (Å²) in [5.41, 5.74) is 2.91. The molecule has 1 aliphatic rings. The number of thioether (sulfide) groups is 1. The molecule has 1 nitrogen and oxygen atoms in total. The van der Waals surface area contributed by atoms with Crippen LogP contribution in [0.5, 0.6) is 0 Å². The van der Waals surface area contributed by atoms with Gasteiger partial charge in [-0.3, -0.25) is 4.79 Å². The number of aryl methyl sites for hydroxylation is 1. The van der Waals surface area contributed by atoms with Crippen LogP contribution in [0.25, 0.3) is 0 Å². The van der Waals surface area contributed by atoms with Crippen molar-refractivity contribution in [2.24, 2.45) is 0 Å². The lowest BCUT2D eigenvalue weighted by Crippen LogP contribution is -2.12. The van der Waals surface area contributed by atoms with Crippen LogP contribution >= 0.6 is 23.4 Å². The van der Waals surface area contributed by atoms with Crippen LogP contribution < -0.4 is 0 Å². The smallest absolute Gasteiger partial charge is 0.191 e. The second-order valence-electron chi connectivity index (χ2n) is 3.35. The fraction of sp³-hybridized carbons (Fsp3) is 0.182. The summed E-state index contributed by atoms with van der Waals surface area (Å²) < 4.78 is 13.2. The molecule has 78 valence electrons. The lowest BCUT2D eigenvalue weighted by atomic mass is 10.0. The minimum absolute atomic E-state index is 0.0955. The molecule has 0 radical (unpaired) electrons. The number of hydrogen-bond acceptors (Lipinski definition) is 2. The molecule has 1 heterocycles. The molecule has 15 heavy (non-hydrogen) atoms. The van der Waals surface area contributed by atoms with Crippen LogP contribution in [0.4, 0.5) is 4.39 Å². The van der Waals surface area contributed by atoms with Gasteiger partial charge in [-0.1, -0.05) is 11.6 Å². The highest BCUT2D eigenvalue weighted by Gasteiger charge is 2.23. The number of ketones is 1. The van der Waals surface area contributed by atoms with Crippen molar-refractivity contribution in [3.05, 3.63) is 40.2 Å². The third kappa shape index (κ3) is 1.82. The summed E-state index contributed by atoms with van der Waals surface area (Å²) in [6.45, 7) is 1.65. The lowest BCUT2D eigenvalue weighted by Gasteiger charge is -2.17. The van der Waals surface area contributed by atoms with E-state index >= 15 is 0 Å². The van der Waals surface area contributed by atoms with Gasteiger partial charge < -0.3 is 0 Å². The summed E-state index contributed by atoms with van der Waals surface area (Å²) in [5, 5.41) is 0. The fourth-order valence-corrected chi connectivity index (χ4v) is 2.72. The molecule has 1 aromatic carbocycles. The van der Waals surface area contributed by atoms with Crippen molar-refractivity contribution >= 4 is 29.1 Å². The molecular formula is C11H8ClFOS. The van der Waals surface area contributed by atoms with Gasteiger partial charge in [-0.05, 0) is 24.6 Å². The maximum Gasteiger partial charge on any atom is 0.191 e. The number of rotatable bonds is 0. The van der Waals surface area contributed by atoms with Gasteiger partial charge in [-0.25, -0.2) is 4.39 Å². The van der Waals surface area contributed by atoms with Crippen LogP contribution in [-0.4, -0.2) is 11.5 Å². The number of carbonyl (C=O) groups is 1. The Bertz CT molecular complexity index is 468. The van der Waals surface area contributed by atoms with Gasteiger partial charge in [0.15, 0.2) is 5.78 Å². The minimum atomic E-state index is -0.271. The van der Waals surface area contributed by atoms with E-state index in [1.165, 1.54) is 23.4 Å². The Labute approximate surface area is 96.3 Å². The largest absolute Gasteiger partial charge is 0.289 e. The Balaban J connectivity index is 2.57. The zero-order valence-corrected chi connectivity index (χ0v) is 9.58. The Morgan fingerprint density at radius 2 is 2.27 bits per heavy atom. The number of carbonyl (C=O) groups excluding carboxylic acids is 1. The predicted molar refractivity (Wildman–Crippen MR) is 60.1 cm³/mol. The third-order valence-electron chi connectivity index (χ3n) is 2.31. The molecule has 0 spiro atoms. The first kappa shape index (κ1) is 10.7. The Morgan fingerprint density at radius 1 is 1.53 bits per heavy atom. The zero-order chi connectivity index (χ0) is 11.0. The van der Waals surface area contributed by atoms with E-state index in [4.69, 9.17) is 11.6 Å². The van der Waals surface area contributed by atoms with E-state index in [1.54, 1.807) is 13.0 Å². The molecule has 4 heteroatoms. The Hall–Kier alpha value is -0.800. The van der Waals surface area contributed by atoms with Crippen molar-refractivity contribution in [2.75, 3.05) is 5.75 Å². The molecule has 0 saturated carbocycles. The fourth-order valence-electron chi connectivity index (χ4n) is 1.44. The van der Waals surface area contributed by atoms with Gasteiger partial charge in [-0.15, -0.1) is 11.8 Å². The highest BCUT2D eigenvalue weighted by atomic mass is 35.5. The summed E-state index contributed by atoms with van der Waals surface area (Å²) in [4.78, 5) is 12.5. The van der Waals surface area contributed by atoms with E-state index in [0.717, 1.165) is 0 Å². The molecule has 1 aromatic rings. The maximum absolute atomic E-state index is 13.2. The maximum atomic E-state index is 13.2. The zero-order valence-electron chi connectivity index (χ0n) is 8.01. The molecule has 0 aliphatic carbocycles. The number of halogens is 2. The van der Waals surface area contributed by atoms with E-state index in [-0.39, 0.29) is 11.6 Å². The molecule has 0 fully saturated rings. The molecule has 2 rings (SSSR count). The van der Waals surface area contributed by atoms with Crippen LogP contribution in [-0.2, 0) is 0 Å². The van der Waals surface area contributed by atoms with E-state index in [9.17, 15) is 9.18 Å². The van der Waals surface area contributed by atoms with Crippen molar-refractivity contribution in [1.29, 1.82) is 0 Å². The number of fused-ring (bicyclic) bond motifs is 1. The molecule has 0 saturated heterocycles. The molecule has 0 atom stereocenters. The summed E-state index contributed by atoms with van der Waals surface area (Å²) in [5.74, 6) is 0.145. The van der Waals surface area contributed by atoms with Crippen LogP contribution in [0.2, 0.25) is 0 Å². The molecular weight excluding hydrogens is 235 g/mol. The molecule has 0 unspecified atom stereocenters. The van der Waals surface area contributed by atoms with E-state index in [0.29, 0.717) is 27.3 Å². The van der Waals surface area contributed by atoms with Gasteiger partial charge in [0, 0.05) is 27.3 Å². The normalized spacial score (nSPS) is 18.1. The summed E-state index contributed by atoms with van der Waals surface area (Å²) in [6.07, 6.45) is 0. The van der Waals surface area contributed by atoms with Crippen molar-refractivity contribution in [2.45, 2.75) is 11.8 Å². The van der Waals surface area contributed by atoms with Crippen LogP contribution in [0, 0.1) is 12.7 Å². The SMILES string of the molecule is Cc1cc2c(cc1F)SC/C(=C\Cl)C2=O. The third-order valence-corrected chi connectivity index (χ3v) is 3.68. The molecule has 1 aliphatic heterocycles. The molecule has 0 amide bonds. The van der Waals surface area contributed by atoms with Crippen molar-refractivity contribution < 1.29 is 9.18 Å². The predicted octanol–water partition coefficient (Wildman–Crippen LogP) is 3.55. The summed E-state index contributed by atoms with van der Waals surface area (Å²) in [6, 6.07) is 3.00. The van der Waals surface area contributed by atoms with Gasteiger partial charge in [0.25, 0.3) is 0 Å². The van der Waals surface area contributed by atoms with Crippen molar-refractivity contribution in [1.82, 2.24) is 0 Å². The summed E-state index contributed by atoms with van der Waals surface area (Å²) in [7, 11) is 0. The monoisotopic (exact) mass is 242 g/mol. The first-order valence-electron chi connectivity index (χ1n) is 4.40. The second-order valence-corrected chi connectivity index (χ2v) is 4.59. The van der Waals surface area contributed by atoms with E-state index in [2.05, 4.69) is 0 Å². The van der Waals surface area contributed by atoms with Crippen LogP contribution in [0.1, 0.15) is 15.9 Å². The second kappa shape index (κ2) is 3.99. The summed E-state index contributed by atoms with van der Waals surface area (Å²) >= 11 is 6.98. The van der Waals surface area contributed by atoms with E-state index in [1.807, 2.05) is 0 Å². The number of benzene rings is 1. The number of hydrogen-bond donors (Lipinski definition) is 0.